The Bertz CT molecular complexity index is 826. The molecule has 10 heteroatoms. The monoisotopic (exact) mass is 387 g/mol. The number of rotatable bonds is 4. The minimum atomic E-state index is -3.96. The summed E-state index contributed by atoms with van der Waals surface area (Å²) in [6.45, 7) is 0.0725. The Kier molecular flexibility index (Phi) is 5.06. The van der Waals surface area contributed by atoms with E-state index in [1.165, 1.54) is 36.4 Å². The molecule has 7 nitrogen and oxygen atoms in total. The highest BCUT2D eigenvalue weighted by atomic mass is 35.5. The van der Waals surface area contributed by atoms with Crippen molar-refractivity contribution in [2.75, 3.05) is 6.61 Å². The maximum Gasteiger partial charge on any atom is 0.530 e. The first-order valence-corrected chi connectivity index (χ1v) is 9.01. The van der Waals surface area contributed by atoms with Crippen molar-refractivity contribution in [2.45, 2.75) is 12.5 Å². The first kappa shape index (κ1) is 17.8. The molecule has 1 heterocycles. The Morgan fingerprint density at radius 1 is 1.28 bits per heavy atom. The van der Waals surface area contributed by atoms with Crippen LogP contribution in [0.5, 0.6) is 5.75 Å². The van der Waals surface area contributed by atoms with Gasteiger partial charge in [0, 0.05) is 23.6 Å². The minimum Gasteiger partial charge on any atom is -0.404 e. The van der Waals surface area contributed by atoms with Crippen LogP contribution in [0.25, 0.3) is 0 Å². The zero-order valence-corrected chi connectivity index (χ0v) is 14.3. The van der Waals surface area contributed by atoms with Gasteiger partial charge < -0.3 is 4.52 Å². The number of benzene rings is 2. The minimum absolute atomic E-state index is 0.0725. The van der Waals surface area contributed by atoms with Crippen LogP contribution in [0.1, 0.15) is 18.1 Å². The third-order valence-corrected chi connectivity index (χ3v) is 5.07. The summed E-state index contributed by atoms with van der Waals surface area (Å²) in [6.07, 6.45) is -0.376. The first-order valence-electron chi connectivity index (χ1n) is 7.18. The van der Waals surface area contributed by atoms with Crippen molar-refractivity contribution in [1.82, 2.24) is 0 Å². The highest BCUT2D eigenvalue weighted by Gasteiger charge is 2.38. The van der Waals surface area contributed by atoms with Crippen molar-refractivity contribution in [3.8, 4) is 5.75 Å². The summed E-state index contributed by atoms with van der Waals surface area (Å²) in [6, 6.07) is 8.87. The van der Waals surface area contributed by atoms with Crippen molar-refractivity contribution in [3.05, 3.63) is 69.0 Å². The summed E-state index contributed by atoms with van der Waals surface area (Å²) in [5.74, 6) is -0.449. The molecular formula is C15H12ClFNO6P. The predicted molar refractivity (Wildman–Crippen MR) is 87.1 cm³/mol. The molecule has 0 aromatic heterocycles. The highest BCUT2D eigenvalue weighted by molar-refractivity contribution is 7.49. The Morgan fingerprint density at radius 2 is 2.00 bits per heavy atom. The molecule has 25 heavy (non-hydrogen) atoms. The second kappa shape index (κ2) is 7.09. The van der Waals surface area contributed by atoms with Gasteiger partial charge in [-0.05, 0) is 35.9 Å². The van der Waals surface area contributed by atoms with Crippen LogP contribution in [0.3, 0.4) is 0 Å². The van der Waals surface area contributed by atoms with Crippen LogP contribution >= 0.6 is 19.4 Å². The molecular weight excluding hydrogens is 376 g/mol. The molecule has 2 atom stereocenters. The fourth-order valence-corrected chi connectivity index (χ4v) is 3.94. The van der Waals surface area contributed by atoms with Crippen molar-refractivity contribution in [1.29, 1.82) is 0 Å². The number of non-ortho nitro benzene ring substituents is 1. The number of phosphoric acid groups is 1. The van der Waals surface area contributed by atoms with Gasteiger partial charge in [0.15, 0.2) is 0 Å². The first-order chi connectivity index (χ1) is 11.8. The van der Waals surface area contributed by atoms with Crippen molar-refractivity contribution in [2.24, 2.45) is 0 Å². The van der Waals surface area contributed by atoms with E-state index in [-0.39, 0.29) is 23.1 Å². The Balaban J connectivity index is 1.77. The van der Waals surface area contributed by atoms with Gasteiger partial charge in [0.1, 0.15) is 11.6 Å². The quantitative estimate of drug-likeness (QED) is 0.414. The van der Waals surface area contributed by atoms with E-state index < -0.39 is 24.7 Å². The molecule has 1 aliphatic heterocycles. The van der Waals surface area contributed by atoms with E-state index in [1.54, 1.807) is 0 Å². The zero-order valence-electron chi connectivity index (χ0n) is 12.6. The second-order valence-corrected chi connectivity index (χ2v) is 7.19. The van der Waals surface area contributed by atoms with Crippen LogP contribution in [0.4, 0.5) is 10.1 Å². The SMILES string of the molecule is O=[N+]([O-])c1ccc(OP2(=O)OCC[C@H](c3cc(F)cc(Cl)c3)O2)cc1. The number of halogens is 2. The molecule has 1 fully saturated rings. The number of phosphoric ester groups is 1. The maximum atomic E-state index is 13.5. The van der Waals surface area contributed by atoms with Gasteiger partial charge in [0.25, 0.3) is 5.69 Å². The topological polar surface area (TPSA) is 87.9 Å². The van der Waals surface area contributed by atoms with Crippen molar-refractivity contribution in [3.63, 3.8) is 0 Å². The summed E-state index contributed by atoms with van der Waals surface area (Å²) < 4.78 is 41.9. The molecule has 1 aliphatic rings. The van der Waals surface area contributed by atoms with E-state index >= 15 is 0 Å². The average Bonchev–Trinajstić information content (AvgIpc) is 2.54. The fourth-order valence-electron chi connectivity index (χ4n) is 2.30. The average molecular weight is 388 g/mol. The van der Waals surface area contributed by atoms with Gasteiger partial charge in [-0.15, -0.1) is 0 Å². The highest BCUT2D eigenvalue weighted by Crippen LogP contribution is 2.56. The largest absolute Gasteiger partial charge is 0.530 e. The summed E-state index contributed by atoms with van der Waals surface area (Å²) in [7, 11) is -3.96. The van der Waals surface area contributed by atoms with Gasteiger partial charge in [0.2, 0.25) is 0 Å². The van der Waals surface area contributed by atoms with Gasteiger partial charge >= 0.3 is 7.82 Å². The molecule has 0 spiro atoms. The lowest BCUT2D eigenvalue weighted by atomic mass is 10.1. The fraction of sp³-hybridized carbons (Fsp3) is 0.200. The number of hydrogen-bond donors (Lipinski definition) is 0. The second-order valence-electron chi connectivity index (χ2n) is 5.21. The summed E-state index contributed by atoms with van der Waals surface area (Å²) >= 11 is 5.83. The van der Waals surface area contributed by atoms with Gasteiger partial charge in [-0.1, -0.05) is 11.6 Å². The van der Waals surface area contributed by atoms with Crippen LogP contribution in [0.2, 0.25) is 5.02 Å². The van der Waals surface area contributed by atoms with E-state index in [0.29, 0.717) is 12.0 Å². The summed E-state index contributed by atoms with van der Waals surface area (Å²) in [5, 5.41) is 10.8. The normalized spacial score (nSPS) is 23.2. The molecule has 0 aliphatic carbocycles. The van der Waals surface area contributed by atoms with E-state index in [1.807, 2.05) is 0 Å². The van der Waals surface area contributed by atoms with E-state index in [0.717, 1.165) is 6.07 Å². The summed E-state index contributed by atoms with van der Waals surface area (Å²) in [4.78, 5) is 10.1. The molecule has 1 saturated heterocycles. The standard InChI is InChI=1S/C15H12ClFNO6P/c16-11-7-10(8-12(17)9-11)15-5-6-22-25(21,24-15)23-14-3-1-13(2-4-14)18(19)20/h1-4,7-9,15H,5-6H2/t15-,25?/m1/s1. The maximum absolute atomic E-state index is 13.5. The van der Waals surface area contributed by atoms with E-state index in [2.05, 4.69) is 0 Å². The Labute approximate surface area is 147 Å². The third kappa shape index (κ3) is 4.35. The lowest BCUT2D eigenvalue weighted by Crippen LogP contribution is -2.16. The molecule has 2 aromatic rings. The lowest BCUT2D eigenvalue weighted by molar-refractivity contribution is -0.384. The molecule has 0 radical (unpaired) electrons. The lowest BCUT2D eigenvalue weighted by Gasteiger charge is -2.29. The predicted octanol–water partition coefficient (Wildman–Crippen LogP) is 5.05. The van der Waals surface area contributed by atoms with Crippen LogP contribution in [-0.2, 0) is 13.6 Å². The van der Waals surface area contributed by atoms with Gasteiger partial charge in [-0.25, -0.2) is 8.96 Å². The smallest absolute Gasteiger partial charge is 0.404 e. The number of nitro benzene ring substituents is 1. The molecule has 0 saturated carbocycles. The molecule has 132 valence electrons. The van der Waals surface area contributed by atoms with Crippen LogP contribution < -0.4 is 4.52 Å². The Morgan fingerprint density at radius 3 is 2.64 bits per heavy atom. The zero-order chi connectivity index (χ0) is 18.0. The molecule has 0 N–H and O–H groups in total. The molecule has 2 aromatic carbocycles. The Hall–Kier alpha value is -1.99. The van der Waals surface area contributed by atoms with Crippen molar-refractivity contribution < 1.29 is 27.5 Å². The summed E-state index contributed by atoms with van der Waals surface area (Å²) in [5.41, 5.74) is 0.282. The van der Waals surface area contributed by atoms with E-state index in [4.69, 9.17) is 25.2 Å². The molecule has 3 rings (SSSR count). The number of nitro groups is 1. The van der Waals surface area contributed by atoms with E-state index in [9.17, 15) is 19.1 Å². The van der Waals surface area contributed by atoms with Crippen LogP contribution in [-0.4, -0.2) is 11.5 Å². The molecule has 0 bridgehead atoms. The number of nitrogens with zero attached hydrogens (tertiary/aromatic N) is 1. The van der Waals surface area contributed by atoms with Crippen molar-refractivity contribution >= 4 is 25.1 Å². The number of hydrogen-bond acceptors (Lipinski definition) is 6. The van der Waals surface area contributed by atoms with Gasteiger partial charge in [0.05, 0.1) is 17.6 Å². The van der Waals surface area contributed by atoms with Crippen LogP contribution in [0, 0.1) is 15.9 Å². The molecule has 0 amide bonds. The van der Waals surface area contributed by atoms with Crippen LogP contribution in [0.15, 0.2) is 42.5 Å². The third-order valence-electron chi connectivity index (χ3n) is 3.41. The molecule has 1 unspecified atom stereocenters. The van der Waals surface area contributed by atoms with Gasteiger partial charge in [-0.3, -0.25) is 19.2 Å². The van der Waals surface area contributed by atoms with Gasteiger partial charge in [-0.2, -0.15) is 0 Å².